The van der Waals surface area contributed by atoms with Gasteiger partial charge in [0.25, 0.3) is 0 Å². The van der Waals surface area contributed by atoms with Gasteiger partial charge < -0.3 is 5.73 Å². The fraction of sp³-hybridized carbons (Fsp3) is 0.400. The van der Waals surface area contributed by atoms with Crippen molar-refractivity contribution in [1.82, 2.24) is 4.72 Å². The number of anilines is 1. The maximum atomic E-state index is 12.0. The Labute approximate surface area is 119 Å². The van der Waals surface area contributed by atoms with Gasteiger partial charge in [-0.1, -0.05) is 6.07 Å². The van der Waals surface area contributed by atoms with Gasteiger partial charge in [-0.25, -0.2) is 13.1 Å². The lowest BCUT2D eigenvalue weighted by Crippen LogP contribution is -2.26. The molecular formula is C10H15N3O5S2. The van der Waals surface area contributed by atoms with Crippen LogP contribution in [0.4, 0.5) is 11.4 Å². The standard InChI is InChI=1S/C10H15N3O5S2/c1-19(16)7-3-6-12-20(17,18)9-5-2-4-8(11)10(9)13(14)15/h2,4-5,12H,3,6-7,11H2,1H3. The van der Waals surface area contributed by atoms with E-state index >= 15 is 0 Å². The molecule has 0 radical (unpaired) electrons. The molecule has 1 atom stereocenters. The summed E-state index contributed by atoms with van der Waals surface area (Å²) in [7, 11) is -5.04. The molecule has 0 aliphatic heterocycles. The second kappa shape index (κ2) is 6.77. The van der Waals surface area contributed by atoms with Gasteiger partial charge in [-0.15, -0.1) is 0 Å². The van der Waals surface area contributed by atoms with E-state index in [2.05, 4.69) is 4.72 Å². The van der Waals surface area contributed by atoms with E-state index in [0.717, 1.165) is 6.07 Å². The Morgan fingerprint density at radius 3 is 2.65 bits per heavy atom. The van der Waals surface area contributed by atoms with E-state index in [9.17, 15) is 22.7 Å². The number of nitrogens with two attached hydrogens (primary N) is 1. The highest BCUT2D eigenvalue weighted by Gasteiger charge is 2.27. The molecule has 0 bridgehead atoms. The Morgan fingerprint density at radius 2 is 2.10 bits per heavy atom. The molecular weight excluding hydrogens is 306 g/mol. The van der Waals surface area contributed by atoms with Crippen LogP contribution in [0.5, 0.6) is 0 Å². The highest BCUT2D eigenvalue weighted by molar-refractivity contribution is 7.89. The number of sulfonamides is 1. The Kier molecular flexibility index (Phi) is 5.60. The number of hydrogen-bond donors (Lipinski definition) is 2. The summed E-state index contributed by atoms with van der Waals surface area (Å²) in [5.41, 5.74) is 4.58. The third kappa shape index (κ3) is 4.25. The van der Waals surface area contributed by atoms with Gasteiger partial charge in [-0.05, 0) is 18.6 Å². The summed E-state index contributed by atoms with van der Waals surface area (Å²) in [6.07, 6.45) is 1.88. The highest BCUT2D eigenvalue weighted by Crippen LogP contribution is 2.29. The Morgan fingerprint density at radius 1 is 1.45 bits per heavy atom. The number of nitrogens with zero attached hydrogens (tertiary/aromatic N) is 1. The second-order valence-corrected chi connectivity index (χ2v) is 7.27. The van der Waals surface area contributed by atoms with Crippen molar-refractivity contribution in [2.45, 2.75) is 11.3 Å². The van der Waals surface area contributed by atoms with Crippen LogP contribution >= 0.6 is 0 Å². The average Bonchev–Trinajstić information content (AvgIpc) is 2.33. The topological polar surface area (TPSA) is 132 Å². The van der Waals surface area contributed by atoms with E-state index < -0.39 is 36.3 Å². The van der Waals surface area contributed by atoms with Crippen LogP contribution in [0.2, 0.25) is 0 Å². The van der Waals surface area contributed by atoms with Gasteiger partial charge in [0.1, 0.15) is 5.69 Å². The van der Waals surface area contributed by atoms with Crippen LogP contribution < -0.4 is 10.5 Å². The molecule has 0 saturated carbocycles. The highest BCUT2D eigenvalue weighted by atomic mass is 32.2. The third-order valence-corrected chi connectivity index (χ3v) is 4.76. The van der Waals surface area contributed by atoms with Crippen LogP contribution in [0.3, 0.4) is 0 Å². The molecule has 10 heteroatoms. The lowest BCUT2D eigenvalue weighted by Gasteiger charge is -2.08. The minimum absolute atomic E-state index is 0.0495. The Hall–Kier alpha value is -1.52. The summed E-state index contributed by atoms with van der Waals surface area (Å²) < 4.78 is 37.1. The minimum atomic E-state index is -4.03. The first-order valence-corrected chi connectivity index (χ1v) is 8.79. The number of benzene rings is 1. The molecule has 1 rings (SSSR count). The van der Waals surface area contributed by atoms with E-state index in [-0.39, 0.29) is 12.2 Å². The number of rotatable bonds is 7. The summed E-state index contributed by atoms with van der Waals surface area (Å²) in [6, 6.07) is 3.71. The predicted octanol–water partition coefficient (Wildman–Crippen LogP) is 0.224. The van der Waals surface area contributed by atoms with Gasteiger partial charge in [0, 0.05) is 29.4 Å². The fourth-order valence-electron chi connectivity index (χ4n) is 1.51. The number of para-hydroxylation sites is 1. The number of hydrogen-bond acceptors (Lipinski definition) is 6. The Balaban J connectivity index is 2.96. The summed E-state index contributed by atoms with van der Waals surface area (Å²) in [5.74, 6) is 0.349. The van der Waals surface area contributed by atoms with E-state index in [1.807, 2.05) is 0 Å². The fourth-order valence-corrected chi connectivity index (χ4v) is 3.34. The molecule has 0 saturated heterocycles. The number of nitro groups is 1. The van der Waals surface area contributed by atoms with Gasteiger partial charge in [0.2, 0.25) is 10.0 Å². The molecule has 0 aliphatic carbocycles. The molecule has 112 valence electrons. The van der Waals surface area contributed by atoms with Crippen molar-refractivity contribution in [2.24, 2.45) is 0 Å². The minimum Gasteiger partial charge on any atom is -0.393 e. The zero-order chi connectivity index (χ0) is 15.3. The van der Waals surface area contributed by atoms with Gasteiger partial charge >= 0.3 is 5.69 Å². The SMILES string of the molecule is CS(=O)CCCNS(=O)(=O)c1cccc(N)c1[N+](=O)[O-]. The summed E-state index contributed by atoms with van der Waals surface area (Å²) in [5, 5.41) is 10.9. The van der Waals surface area contributed by atoms with Crippen LogP contribution in [-0.4, -0.2) is 36.1 Å². The molecule has 0 heterocycles. The molecule has 0 amide bonds. The van der Waals surface area contributed by atoms with Gasteiger partial charge in [0.15, 0.2) is 4.90 Å². The van der Waals surface area contributed by atoms with Crippen molar-refractivity contribution >= 4 is 32.2 Å². The maximum absolute atomic E-state index is 12.0. The zero-order valence-electron chi connectivity index (χ0n) is 10.7. The lowest BCUT2D eigenvalue weighted by atomic mass is 10.3. The van der Waals surface area contributed by atoms with Crippen molar-refractivity contribution in [1.29, 1.82) is 0 Å². The van der Waals surface area contributed by atoms with Crippen LogP contribution in [0.1, 0.15) is 6.42 Å². The van der Waals surface area contributed by atoms with E-state index in [1.165, 1.54) is 18.4 Å². The van der Waals surface area contributed by atoms with Crippen LogP contribution in [0.15, 0.2) is 23.1 Å². The molecule has 0 fully saturated rings. The zero-order valence-corrected chi connectivity index (χ0v) is 12.4. The molecule has 1 unspecified atom stereocenters. The molecule has 0 aliphatic rings. The first kappa shape index (κ1) is 16.5. The number of nitrogens with one attached hydrogen (secondary N) is 1. The molecule has 0 spiro atoms. The molecule has 20 heavy (non-hydrogen) atoms. The van der Waals surface area contributed by atoms with Crippen molar-refractivity contribution in [3.05, 3.63) is 28.3 Å². The quantitative estimate of drug-likeness (QED) is 0.319. The van der Waals surface area contributed by atoms with Crippen molar-refractivity contribution < 1.29 is 17.6 Å². The normalized spacial score (nSPS) is 13.1. The van der Waals surface area contributed by atoms with E-state index in [0.29, 0.717) is 12.2 Å². The largest absolute Gasteiger partial charge is 0.393 e. The summed E-state index contributed by atoms with van der Waals surface area (Å²) in [6.45, 7) is 0.0495. The monoisotopic (exact) mass is 321 g/mol. The van der Waals surface area contributed by atoms with Gasteiger partial charge in [-0.2, -0.15) is 0 Å². The third-order valence-electron chi connectivity index (χ3n) is 2.40. The molecule has 1 aromatic rings. The molecule has 0 aromatic heterocycles. The lowest BCUT2D eigenvalue weighted by molar-refractivity contribution is -0.386. The first-order chi connectivity index (χ1) is 9.25. The van der Waals surface area contributed by atoms with Gasteiger partial charge in [-0.3, -0.25) is 14.3 Å². The maximum Gasteiger partial charge on any atom is 0.312 e. The predicted molar refractivity (Wildman–Crippen MR) is 76.2 cm³/mol. The Bertz CT molecular complexity index is 630. The summed E-state index contributed by atoms with van der Waals surface area (Å²) in [4.78, 5) is 9.60. The van der Waals surface area contributed by atoms with Crippen molar-refractivity contribution in [3.63, 3.8) is 0 Å². The number of nitro benzene ring substituents is 1. The average molecular weight is 321 g/mol. The van der Waals surface area contributed by atoms with Crippen molar-refractivity contribution in [2.75, 3.05) is 24.3 Å². The smallest absolute Gasteiger partial charge is 0.312 e. The molecule has 8 nitrogen and oxygen atoms in total. The van der Waals surface area contributed by atoms with E-state index in [1.54, 1.807) is 0 Å². The second-order valence-electron chi connectivity index (χ2n) is 3.98. The van der Waals surface area contributed by atoms with E-state index in [4.69, 9.17) is 5.73 Å². The number of nitrogen functional groups attached to an aromatic ring is 1. The molecule has 1 aromatic carbocycles. The first-order valence-electron chi connectivity index (χ1n) is 5.58. The van der Waals surface area contributed by atoms with Crippen LogP contribution in [0, 0.1) is 10.1 Å². The van der Waals surface area contributed by atoms with Gasteiger partial charge in [0.05, 0.1) is 4.92 Å². The van der Waals surface area contributed by atoms with Crippen LogP contribution in [-0.2, 0) is 20.8 Å². The van der Waals surface area contributed by atoms with Crippen LogP contribution in [0.25, 0.3) is 0 Å². The van der Waals surface area contributed by atoms with Crippen molar-refractivity contribution in [3.8, 4) is 0 Å². The summed E-state index contributed by atoms with van der Waals surface area (Å²) >= 11 is 0. The molecule has 3 N–H and O–H groups in total.